The van der Waals surface area contributed by atoms with Gasteiger partial charge in [-0.15, -0.1) is 0 Å². The van der Waals surface area contributed by atoms with E-state index >= 15 is 0 Å². The number of aliphatic hydroxyl groups excluding tert-OH is 1. The van der Waals surface area contributed by atoms with Gasteiger partial charge >= 0.3 is 0 Å². The van der Waals surface area contributed by atoms with Crippen LogP contribution in [0.2, 0.25) is 0 Å². The molecule has 1 aromatic carbocycles. The van der Waals surface area contributed by atoms with Crippen LogP contribution in [0.25, 0.3) is 0 Å². The lowest BCUT2D eigenvalue weighted by molar-refractivity contribution is 0.194. The van der Waals surface area contributed by atoms with E-state index in [2.05, 4.69) is 41.0 Å². The average Bonchev–Trinajstić information content (AvgIpc) is 2.39. The van der Waals surface area contributed by atoms with E-state index in [9.17, 15) is 0 Å². The van der Waals surface area contributed by atoms with Crippen molar-refractivity contribution in [3.05, 3.63) is 29.8 Å². The van der Waals surface area contributed by atoms with Gasteiger partial charge in [-0.25, -0.2) is 0 Å². The summed E-state index contributed by atoms with van der Waals surface area (Å²) >= 11 is 0. The van der Waals surface area contributed by atoms with E-state index in [1.807, 2.05) is 0 Å². The summed E-state index contributed by atoms with van der Waals surface area (Å²) in [7, 11) is 0. The second kappa shape index (κ2) is 6.18. The monoisotopic (exact) mass is 249 g/mol. The van der Waals surface area contributed by atoms with E-state index in [0.717, 1.165) is 32.7 Å². The van der Waals surface area contributed by atoms with Crippen LogP contribution in [0, 0.1) is 6.92 Å². The van der Waals surface area contributed by atoms with Crippen LogP contribution in [0.15, 0.2) is 24.3 Å². The lowest BCUT2D eigenvalue weighted by Gasteiger charge is -2.37. The van der Waals surface area contributed by atoms with Crippen molar-refractivity contribution in [3.63, 3.8) is 0 Å². The fraction of sp³-hybridized carbons (Fsp3) is 0.571. The van der Waals surface area contributed by atoms with Gasteiger partial charge in [0.2, 0.25) is 0 Å². The van der Waals surface area contributed by atoms with Crippen molar-refractivity contribution in [1.29, 1.82) is 0 Å². The molecular formula is C14H23N3O. The van der Waals surface area contributed by atoms with Crippen molar-refractivity contribution in [2.24, 2.45) is 5.73 Å². The molecule has 18 heavy (non-hydrogen) atoms. The number of rotatable bonds is 4. The quantitative estimate of drug-likeness (QED) is 0.813. The van der Waals surface area contributed by atoms with E-state index in [1.165, 1.54) is 11.3 Å². The summed E-state index contributed by atoms with van der Waals surface area (Å²) < 4.78 is 0. The Labute approximate surface area is 109 Å². The third kappa shape index (κ3) is 3.45. The Hall–Kier alpha value is -1.10. The number of hydrogen-bond donors (Lipinski definition) is 2. The van der Waals surface area contributed by atoms with E-state index in [-0.39, 0.29) is 12.6 Å². The van der Waals surface area contributed by atoms with Gasteiger partial charge in [-0.2, -0.15) is 0 Å². The minimum absolute atomic E-state index is 0.0676. The van der Waals surface area contributed by atoms with Crippen LogP contribution in [0.5, 0.6) is 0 Å². The first kappa shape index (κ1) is 13.3. The molecule has 0 bridgehead atoms. The Balaban J connectivity index is 1.87. The zero-order chi connectivity index (χ0) is 13.0. The van der Waals surface area contributed by atoms with Crippen LogP contribution in [-0.2, 0) is 0 Å². The molecular weight excluding hydrogens is 226 g/mol. The zero-order valence-electron chi connectivity index (χ0n) is 11.0. The standard InChI is InChI=1S/C14H23N3O/c1-12-3-2-4-14(9-12)17-7-5-16(6-8-17)10-13(15)11-18/h2-4,9,13,18H,5-8,10-11,15H2,1H3. The minimum atomic E-state index is -0.115. The second-order valence-corrected chi connectivity index (χ2v) is 5.07. The first-order valence-corrected chi connectivity index (χ1v) is 6.59. The molecule has 3 N–H and O–H groups in total. The van der Waals surface area contributed by atoms with Crippen molar-refractivity contribution in [2.45, 2.75) is 13.0 Å². The average molecular weight is 249 g/mol. The molecule has 4 nitrogen and oxygen atoms in total. The molecule has 1 aliphatic rings. The number of aliphatic hydroxyl groups is 1. The third-order valence-corrected chi connectivity index (χ3v) is 3.47. The molecule has 0 saturated carbocycles. The van der Waals surface area contributed by atoms with Crippen molar-refractivity contribution < 1.29 is 5.11 Å². The number of piperazine rings is 1. The molecule has 1 aliphatic heterocycles. The van der Waals surface area contributed by atoms with Gasteiger partial charge in [0.05, 0.1) is 6.61 Å². The highest BCUT2D eigenvalue weighted by Crippen LogP contribution is 2.17. The number of benzene rings is 1. The first-order valence-electron chi connectivity index (χ1n) is 6.59. The van der Waals surface area contributed by atoms with Gasteiger partial charge in [0, 0.05) is 44.5 Å². The molecule has 2 rings (SSSR count). The van der Waals surface area contributed by atoms with Gasteiger partial charge in [0.15, 0.2) is 0 Å². The molecule has 1 fully saturated rings. The predicted molar refractivity (Wildman–Crippen MR) is 74.9 cm³/mol. The van der Waals surface area contributed by atoms with E-state index < -0.39 is 0 Å². The highest BCUT2D eigenvalue weighted by atomic mass is 16.3. The summed E-state index contributed by atoms with van der Waals surface area (Å²) in [5.74, 6) is 0. The van der Waals surface area contributed by atoms with E-state index in [4.69, 9.17) is 10.8 Å². The smallest absolute Gasteiger partial charge is 0.0595 e. The largest absolute Gasteiger partial charge is 0.395 e. The van der Waals surface area contributed by atoms with Gasteiger partial charge in [-0.3, -0.25) is 4.90 Å². The highest BCUT2D eigenvalue weighted by Gasteiger charge is 2.18. The lowest BCUT2D eigenvalue weighted by Crippen LogP contribution is -2.50. The molecule has 0 spiro atoms. The molecule has 1 heterocycles. The van der Waals surface area contributed by atoms with Crippen LogP contribution in [0.4, 0.5) is 5.69 Å². The fourth-order valence-electron chi connectivity index (χ4n) is 2.40. The maximum absolute atomic E-state index is 8.96. The van der Waals surface area contributed by atoms with Crippen molar-refractivity contribution in [3.8, 4) is 0 Å². The Morgan fingerprint density at radius 3 is 2.61 bits per heavy atom. The normalized spacial score (nSPS) is 18.9. The second-order valence-electron chi connectivity index (χ2n) is 5.07. The Morgan fingerprint density at radius 1 is 1.28 bits per heavy atom. The maximum Gasteiger partial charge on any atom is 0.0595 e. The zero-order valence-corrected chi connectivity index (χ0v) is 11.0. The number of anilines is 1. The summed E-state index contributed by atoms with van der Waals surface area (Å²) in [5.41, 5.74) is 8.37. The van der Waals surface area contributed by atoms with Crippen molar-refractivity contribution >= 4 is 5.69 Å². The predicted octanol–water partition coefficient (Wildman–Crippen LogP) is 0.437. The maximum atomic E-state index is 8.96. The van der Waals surface area contributed by atoms with Gasteiger partial charge in [0.1, 0.15) is 0 Å². The number of aryl methyl sites for hydroxylation is 1. The number of hydrogen-bond acceptors (Lipinski definition) is 4. The molecule has 4 heteroatoms. The number of nitrogens with two attached hydrogens (primary N) is 1. The van der Waals surface area contributed by atoms with Crippen LogP contribution in [-0.4, -0.2) is 55.4 Å². The Morgan fingerprint density at radius 2 is 2.00 bits per heavy atom. The summed E-state index contributed by atoms with van der Waals surface area (Å²) in [6, 6.07) is 8.52. The molecule has 1 aromatic rings. The van der Waals surface area contributed by atoms with Crippen LogP contribution in [0.1, 0.15) is 5.56 Å². The number of nitrogens with zero attached hydrogens (tertiary/aromatic N) is 2. The first-order chi connectivity index (χ1) is 8.69. The molecule has 0 amide bonds. The van der Waals surface area contributed by atoms with Crippen LogP contribution in [0.3, 0.4) is 0 Å². The van der Waals surface area contributed by atoms with E-state index in [1.54, 1.807) is 0 Å². The van der Waals surface area contributed by atoms with Gasteiger partial charge < -0.3 is 15.7 Å². The molecule has 1 unspecified atom stereocenters. The lowest BCUT2D eigenvalue weighted by atomic mass is 10.2. The summed E-state index contributed by atoms with van der Waals surface area (Å²) in [5, 5.41) is 8.96. The summed E-state index contributed by atoms with van der Waals surface area (Å²) in [6.45, 7) is 7.07. The van der Waals surface area contributed by atoms with Gasteiger partial charge in [-0.1, -0.05) is 12.1 Å². The minimum Gasteiger partial charge on any atom is -0.395 e. The molecule has 100 valence electrons. The fourth-order valence-corrected chi connectivity index (χ4v) is 2.40. The van der Waals surface area contributed by atoms with Gasteiger partial charge in [-0.05, 0) is 24.6 Å². The van der Waals surface area contributed by atoms with Crippen LogP contribution < -0.4 is 10.6 Å². The topological polar surface area (TPSA) is 52.7 Å². The van der Waals surface area contributed by atoms with Crippen molar-refractivity contribution in [2.75, 3.05) is 44.2 Å². The van der Waals surface area contributed by atoms with E-state index in [0.29, 0.717) is 0 Å². The molecule has 1 atom stereocenters. The SMILES string of the molecule is Cc1cccc(N2CCN(CC(N)CO)CC2)c1. The molecule has 0 radical (unpaired) electrons. The molecule has 0 aliphatic carbocycles. The highest BCUT2D eigenvalue weighted by molar-refractivity contribution is 5.48. The Kier molecular flexibility index (Phi) is 4.58. The summed E-state index contributed by atoms with van der Waals surface area (Å²) in [6.07, 6.45) is 0. The van der Waals surface area contributed by atoms with Crippen molar-refractivity contribution in [1.82, 2.24) is 4.90 Å². The molecule has 0 aromatic heterocycles. The Bertz CT molecular complexity index is 375. The molecule has 1 saturated heterocycles. The van der Waals surface area contributed by atoms with Gasteiger partial charge in [0.25, 0.3) is 0 Å². The third-order valence-electron chi connectivity index (χ3n) is 3.47. The summed E-state index contributed by atoms with van der Waals surface area (Å²) in [4.78, 5) is 4.74. The van der Waals surface area contributed by atoms with Crippen LogP contribution >= 0.6 is 0 Å².